The molecule has 0 amide bonds. The average Bonchev–Trinajstić information content (AvgIpc) is 2.36. The predicted molar refractivity (Wildman–Crippen MR) is 68.8 cm³/mol. The summed E-state index contributed by atoms with van der Waals surface area (Å²) in [5, 5.41) is 3.13. The lowest BCUT2D eigenvalue weighted by Crippen LogP contribution is -2.31. The largest absolute Gasteiger partial charge is 0.461 e. The maximum atomic E-state index is 11.5. The number of carbonyl (C=O) groups excluding carboxylic acids is 1. The van der Waals surface area contributed by atoms with Gasteiger partial charge in [-0.05, 0) is 19.0 Å². The van der Waals surface area contributed by atoms with Crippen molar-refractivity contribution >= 4 is 5.97 Å². The highest BCUT2D eigenvalue weighted by Crippen LogP contribution is 2.06. The highest BCUT2D eigenvalue weighted by atomic mass is 16.5. The molecule has 17 heavy (non-hydrogen) atoms. The molecule has 1 unspecified atom stereocenters. The Balaban J connectivity index is 2.43. The Kier molecular flexibility index (Phi) is 6.04. The third-order valence-corrected chi connectivity index (χ3v) is 2.51. The van der Waals surface area contributed by atoms with Gasteiger partial charge >= 0.3 is 5.97 Å². The van der Waals surface area contributed by atoms with Gasteiger partial charge < -0.3 is 10.1 Å². The number of benzene rings is 1. The minimum Gasteiger partial charge on any atom is -0.461 e. The van der Waals surface area contributed by atoms with Crippen molar-refractivity contribution < 1.29 is 9.53 Å². The normalized spacial score (nSPS) is 11.8. The minimum absolute atomic E-state index is 0.106. The fourth-order valence-electron chi connectivity index (χ4n) is 1.59. The Morgan fingerprint density at radius 2 is 2.18 bits per heavy atom. The summed E-state index contributed by atoms with van der Waals surface area (Å²) < 4.78 is 4.96. The van der Waals surface area contributed by atoms with Gasteiger partial charge in [0.1, 0.15) is 6.61 Å². The molecule has 1 atom stereocenters. The summed E-state index contributed by atoms with van der Waals surface area (Å²) in [7, 11) is 1.86. The summed E-state index contributed by atoms with van der Waals surface area (Å²) in [5.74, 6) is -0.194. The molecule has 3 heteroatoms. The second-order valence-corrected chi connectivity index (χ2v) is 3.85. The van der Waals surface area contributed by atoms with E-state index in [1.165, 1.54) is 5.56 Å². The fraction of sp³-hybridized carbons (Fsp3) is 0.357. The predicted octanol–water partition coefficient (Wildman–Crippen LogP) is 1.94. The fourth-order valence-corrected chi connectivity index (χ4v) is 1.59. The molecule has 0 aliphatic carbocycles. The highest BCUT2D eigenvalue weighted by molar-refractivity contribution is 5.70. The van der Waals surface area contributed by atoms with E-state index in [1.807, 2.05) is 25.2 Å². The summed E-state index contributed by atoms with van der Waals surface area (Å²) in [4.78, 5) is 11.5. The standard InChI is InChI=1S/C14H19NO2/c1-3-9-17-14(16)11-13(15-2)10-12-7-5-4-6-8-12/h3-8,13,15H,1,9-11H2,2H3. The number of ether oxygens (including phenoxy) is 1. The average molecular weight is 233 g/mol. The first-order chi connectivity index (χ1) is 8.26. The number of rotatable bonds is 7. The van der Waals surface area contributed by atoms with Crippen LogP contribution in [0.15, 0.2) is 43.0 Å². The van der Waals surface area contributed by atoms with Crippen LogP contribution in [-0.2, 0) is 16.0 Å². The van der Waals surface area contributed by atoms with Crippen LogP contribution in [0.25, 0.3) is 0 Å². The Hall–Kier alpha value is -1.61. The van der Waals surface area contributed by atoms with Crippen molar-refractivity contribution in [1.29, 1.82) is 0 Å². The summed E-state index contributed by atoms with van der Waals surface area (Å²) in [6.07, 6.45) is 2.77. The zero-order chi connectivity index (χ0) is 12.5. The molecule has 0 saturated heterocycles. The van der Waals surface area contributed by atoms with E-state index in [1.54, 1.807) is 6.08 Å². The first-order valence-corrected chi connectivity index (χ1v) is 5.74. The summed E-state index contributed by atoms with van der Waals surface area (Å²) in [5.41, 5.74) is 1.21. The van der Waals surface area contributed by atoms with Crippen molar-refractivity contribution in [1.82, 2.24) is 5.32 Å². The summed E-state index contributed by atoms with van der Waals surface area (Å²) in [6, 6.07) is 10.2. The lowest BCUT2D eigenvalue weighted by molar-refractivity contribution is -0.142. The Morgan fingerprint density at radius 3 is 2.76 bits per heavy atom. The van der Waals surface area contributed by atoms with Gasteiger partial charge in [-0.25, -0.2) is 0 Å². The molecular formula is C14H19NO2. The number of likely N-dealkylation sites (N-methyl/N-ethyl adjacent to an activating group) is 1. The Morgan fingerprint density at radius 1 is 1.47 bits per heavy atom. The molecule has 0 fully saturated rings. The molecule has 1 rings (SSSR count). The molecule has 92 valence electrons. The second-order valence-electron chi connectivity index (χ2n) is 3.85. The van der Waals surface area contributed by atoms with E-state index in [2.05, 4.69) is 24.0 Å². The zero-order valence-corrected chi connectivity index (χ0v) is 10.2. The number of esters is 1. The van der Waals surface area contributed by atoms with E-state index < -0.39 is 0 Å². The van der Waals surface area contributed by atoms with E-state index in [0.29, 0.717) is 6.42 Å². The Bertz CT molecular complexity index is 348. The number of hydrogen-bond acceptors (Lipinski definition) is 3. The molecule has 0 bridgehead atoms. The van der Waals surface area contributed by atoms with Gasteiger partial charge in [-0.2, -0.15) is 0 Å². The lowest BCUT2D eigenvalue weighted by Gasteiger charge is -2.15. The second kappa shape index (κ2) is 7.63. The van der Waals surface area contributed by atoms with Crippen LogP contribution in [0, 0.1) is 0 Å². The number of nitrogens with one attached hydrogen (secondary N) is 1. The van der Waals surface area contributed by atoms with Gasteiger partial charge in [0.2, 0.25) is 0 Å². The molecule has 0 aliphatic heterocycles. The molecule has 1 aromatic carbocycles. The van der Waals surface area contributed by atoms with Gasteiger partial charge in [-0.15, -0.1) is 0 Å². The van der Waals surface area contributed by atoms with E-state index in [0.717, 1.165) is 6.42 Å². The minimum atomic E-state index is -0.194. The maximum absolute atomic E-state index is 11.5. The first kappa shape index (κ1) is 13.5. The van der Waals surface area contributed by atoms with Crippen LogP contribution in [0.4, 0.5) is 0 Å². The number of hydrogen-bond donors (Lipinski definition) is 1. The van der Waals surface area contributed by atoms with Crippen molar-refractivity contribution in [3.8, 4) is 0 Å². The van der Waals surface area contributed by atoms with Crippen LogP contribution in [0.2, 0.25) is 0 Å². The summed E-state index contributed by atoms with van der Waals surface area (Å²) >= 11 is 0. The van der Waals surface area contributed by atoms with E-state index in [9.17, 15) is 4.79 Å². The van der Waals surface area contributed by atoms with Gasteiger partial charge in [0, 0.05) is 6.04 Å². The van der Waals surface area contributed by atoms with Crippen LogP contribution in [0.3, 0.4) is 0 Å². The third-order valence-electron chi connectivity index (χ3n) is 2.51. The molecule has 0 saturated carbocycles. The van der Waals surface area contributed by atoms with E-state index in [4.69, 9.17) is 4.74 Å². The van der Waals surface area contributed by atoms with Gasteiger partial charge in [0.15, 0.2) is 0 Å². The van der Waals surface area contributed by atoms with Gasteiger partial charge in [0.25, 0.3) is 0 Å². The first-order valence-electron chi connectivity index (χ1n) is 5.74. The number of carbonyl (C=O) groups is 1. The molecule has 3 nitrogen and oxygen atoms in total. The van der Waals surface area contributed by atoms with Crippen LogP contribution in [0.1, 0.15) is 12.0 Å². The van der Waals surface area contributed by atoms with Crippen molar-refractivity contribution in [2.24, 2.45) is 0 Å². The quantitative estimate of drug-likeness (QED) is 0.578. The zero-order valence-electron chi connectivity index (χ0n) is 10.2. The van der Waals surface area contributed by atoms with E-state index >= 15 is 0 Å². The summed E-state index contributed by atoms with van der Waals surface area (Å²) in [6.45, 7) is 3.79. The van der Waals surface area contributed by atoms with Crippen molar-refractivity contribution in [3.63, 3.8) is 0 Å². The Labute approximate surface area is 102 Å². The van der Waals surface area contributed by atoms with Crippen LogP contribution in [0.5, 0.6) is 0 Å². The molecule has 1 aromatic rings. The molecule has 0 heterocycles. The highest BCUT2D eigenvalue weighted by Gasteiger charge is 2.13. The van der Waals surface area contributed by atoms with Gasteiger partial charge in [-0.3, -0.25) is 4.79 Å². The molecular weight excluding hydrogens is 214 g/mol. The SMILES string of the molecule is C=CCOC(=O)CC(Cc1ccccc1)NC. The monoisotopic (exact) mass is 233 g/mol. The van der Waals surface area contributed by atoms with Crippen molar-refractivity contribution in [2.45, 2.75) is 18.9 Å². The smallest absolute Gasteiger partial charge is 0.307 e. The topological polar surface area (TPSA) is 38.3 Å². The lowest BCUT2D eigenvalue weighted by atomic mass is 10.0. The van der Waals surface area contributed by atoms with Crippen LogP contribution >= 0.6 is 0 Å². The molecule has 0 radical (unpaired) electrons. The third kappa shape index (κ3) is 5.31. The van der Waals surface area contributed by atoms with E-state index in [-0.39, 0.29) is 18.6 Å². The van der Waals surface area contributed by atoms with Crippen molar-refractivity contribution in [2.75, 3.05) is 13.7 Å². The van der Waals surface area contributed by atoms with Crippen molar-refractivity contribution in [3.05, 3.63) is 48.6 Å². The van der Waals surface area contributed by atoms with Gasteiger partial charge in [0.05, 0.1) is 6.42 Å². The van der Waals surface area contributed by atoms with Crippen LogP contribution in [-0.4, -0.2) is 25.7 Å². The molecule has 0 aliphatic rings. The molecule has 1 N–H and O–H groups in total. The van der Waals surface area contributed by atoms with Gasteiger partial charge in [-0.1, -0.05) is 43.0 Å². The van der Waals surface area contributed by atoms with Crippen LogP contribution < -0.4 is 5.32 Å². The maximum Gasteiger partial charge on any atom is 0.307 e. The molecule has 0 spiro atoms. The molecule has 0 aromatic heterocycles.